The molecule has 2 amide bonds. The predicted molar refractivity (Wildman–Crippen MR) is 94.0 cm³/mol. The lowest BCUT2D eigenvalue weighted by Crippen LogP contribution is -2.41. The van der Waals surface area contributed by atoms with Gasteiger partial charge in [0.2, 0.25) is 5.91 Å². The maximum atomic E-state index is 12.0. The summed E-state index contributed by atoms with van der Waals surface area (Å²) >= 11 is 0. The lowest BCUT2D eigenvalue weighted by Gasteiger charge is -2.17. The number of rotatable bonds is 7. The maximum Gasteiger partial charge on any atom is 0.407 e. The van der Waals surface area contributed by atoms with Crippen LogP contribution >= 0.6 is 0 Å². The van der Waals surface area contributed by atoms with Gasteiger partial charge in [0.1, 0.15) is 13.2 Å². The number of benzene rings is 2. The Hall–Kier alpha value is -3.35. The minimum absolute atomic E-state index is 0.100. The van der Waals surface area contributed by atoms with Gasteiger partial charge < -0.3 is 20.1 Å². The molecule has 7 nitrogen and oxygen atoms in total. The molecule has 0 aromatic heterocycles. The lowest BCUT2D eigenvalue weighted by molar-refractivity contribution is -0.145. The third kappa shape index (κ3) is 5.94. The normalized spacial score (nSPS) is 11.1. The molecule has 0 aliphatic rings. The number of ether oxygens (including phenoxy) is 2. The van der Waals surface area contributed by atoms with Crippen molar-refractivity contribution >= 4 is 18.0 Å². The number of nitrogens with one attached hydrogen (secondary N) is 2. The van der Waals surface area contributed by atoms with E-state index in [1.165, 1.54) is 7.11 Å². The number of carbonyl (C=O) groups excluding carboxylic acids is 3. The molecule has 7 heteroatoms. The smallest absolute Gasteiger partial charge is 0.407 e. The Morgan fingerprint density at radius 1 is 0.962 bits per heavy atom. The second kappa shape index (κ2) is 9.83. The van der Waals surface area contributed by atoms with Crippen molar-refractivity contribution in [3.63, 3.8) is 0 Å². The van der Waals surface area contributed by atoms with E-state index in [9.17, 15) is 14.4 Å². The monoisotopic (exact) mass is 356 g/mol. The van der Waals surface area contributed by atoms with Crippen LogP contribution in [0.4, 0.5) is 4.79 Å². The second-order valence-corrected chi connectivity index (χ2v) is 5.35. The number of methoxy groups -OCH3 is 1. The molecule has 0 heterocycles. The molecule has 136 valence electrons. The molecule has 2 N–H and O–H groups in total. The quantitative estimate of drug-likeness (QED) is 0.740. The fourth-order valence-electron chi connectivity index (χ4n) is 2.18. The highest BCUT2D eigenvalue weighted by Gasteiger charge is 2.23. The molecule has 2 rings (SSSR count). The molecule has 0 saturated carbocycles. The fourth-order valence-corrected chi connectivity index (χ4v) is 2.18. The van der Waals surface area contributed by atoms with Crippen molar-refractivity contribution < 1.29 is 23.9 Å². The second-order valence-electron chi connectivity index (χ2n) is 5.35. The number of carbonyl (C=O) groups is 3. The van der Waals surface area contributed by atoms with E-state index in [1.54, 1.807) is 30.3 Å². The maximum absolute atomic E-state index is 12.0. The van der Waals surface area contributed by atoms with E-state index in [2.05, 4.69) is 10.6 Å². The molecule has 0 bridgehead atoms. The lowest BCUT2D eigenvalue weighted by atomic mass is 10.1. The van der Waals surface area contributed by atoms with Crippen LogP contribution < -0.4 is 10.6 Å². The number of alkyl carbamates (subject to hydrolysis) is 1. The molecule has 0 aliphatic heterocycles. The summed E-state index contributed by atoms with van der Waals surface area (Å²) in [7, 11) is 1.24. The van der Waals surface area contributed by atoms with Crippen LogP contribution in [0.2, 0.25) is 0 Å². The van der Waals surface area contributed by atoms with Crippen LogP contribution in [-0.2, 0) is 25.7 Å². The van der Waals surface area contributed by atoms with Crippen LogP contribution in [0.15, 0.2) is 60.7 Å². The summed E-state index contributed by atoms with van der Waals surface area (Å²) in [6, 6.07) is 16.9. The van der Waals surface area contributed by atoms with Gasteiger partial charge in [-0.1, -0.05) is 60.7 Å². The summed E-state index contributed by atoms with van der Waals surface area (Å²) in [5, 5.41) is 4.87. The molecule has 1 unspecified atom stereocenters. The van der Waals surface area contributed by atoms with Gasteiger partial charge >= 0.3 is 12.1 Å². The van der Waals surface area contributed by atoms with Gasteiger partial charge in [-0.3, -0.25) is 4.79 Å². The minimum atomic E-state index is -0.948. The Labute approximate surface area is 151 Å². The van der Waals surface area contributed by atoms with Gasteiger partial charge in [0.05, 0.1) is 7.11 Å². The molecule has 0 spiro atoms. The highest BCUT2D eigenvalue weighted by molar-refractivity contribution is 5.87. The van der Waals surface area contributed by atoms with Gasteiger partial charge in [-0.25, -0.2) is 9.59 Å². The highest BCUT2D eigenvalue weighted by Crippen LogP contribution is 2.13. The Morgan fingerprint density at radius 2 is 1.58 bits per heavy atom. The van der Waals surface area contributed by atoms with Crippen molar-refractivity contribution in [2.24, 2.45) is 0 Å². The first kappa shape index (κ1) is 19.0. The zero-order chi connectivity index (χ0) is 18.8. The topological polar surface area (TPSA) is 93.7 Å². The van der Waals surface area contributed by atoms with Crippen molar-refractivity contribution in [1.29, 1.82) is 0 Å². The van der Waals surface area contributed by atoms with Crippen LogP contribution in [-0.4, -0.2) is 31.6 Å². The standard InChI is InChI=1S/C19H20N2O5/c1-25-18(23)17(15-10-6-3-7-11-15)21-16(22)12-20-19(24)26-13-14-8-4-2-5-9-14/h2-11,17H,12-13H2,1H3,(H,20,24)(H,21,22). The van der Waals surface area contributed by atoms with E-state index >= 15 is 0 Å². The molecule has 26 heavy (non-hydrogen) atoms. The first-order valence-electron chi connectivity index (χ1n) is 7.97. The Morgan fingerprint density at radius 3 is 2.19 bits per heavy atom. The summed E-state index contributed by atoms with van der Waals surface area (Å²) in [5.41, 5.74) is 1.42. The Balaban J connectivity index is 1.82. The average Bonchev–Trinajstić information content (AvgIpc) is 2.69. The van der Waals surface area contributed by atoms with Crippen LogP contribution in [0, 0.1) is 0 Å². The van der Waals surface area contributed by atoms with Gasteiger partial charge in [-0.2, -0.15) is 0 Å². The van der Waals surface area contributed by atoms with Crippen LogP contribution in [0.25, 0.3) is 0 Å². The SMILES string of the molecule is COC(=O)C(NC(=O)CNC(=O)OCc1ccccc1)c1ccccc1. The highest BCUT2D eigenvalue weighted by atomic mass is 16.5. The zero-order valence-electron chi connectivity index (χ0n) is 14.3. The summed E-state index contributed by atoms with van der Waals surface area (Å²) < 4.78 is 9.73. The first-order chi connectivity index (χ1) is 12.6. The number of esters is 1. The van der Waals surface area contributed by atoms with Crippen LogP contribution in [0.5, 0.6) is 0 Å². The molecule has 1 atom stereocenters. The van der Waals surface area contributed by atoms with Gasteiger partial charge in [-0.05, 0) is 11.1 Å². The molecular weight excluding hydrogens is 336 g/mol. The Kier molecular flexibility index (Phi) is 7.17. The molecule has 0 saturated heterocycles. The van der Waals surface area contributed by atoms with E-state index in [4.69, 9.17) is 9.47 Å². The van der Waals surface area contributed by atoms with E-state index in [1.807, 2.05) is 30.3 Å². The molecule has 0 aliphatic carbocycles. The van der Waals surface area contributed by atoms with Crippen LogP contribution in [0.3, 0.4) is 0 Å². The number of hydrogen-bond donors (Lipinski definition) is 2. The fraction of sp³-hybridized carbons (Fsp3) is 0.211. The van der Waals surface area contributed by atoms with Gasteiger partial charge in [-0.15, -0.1) is 0 Å². The van der Waals surface area contributed by atoms with Crippen molar-refractivity contribution in [3.8, 4) is 0 Å². The minimum Gasteiger partial charge on any atom is -0.467 e. The third-order valence-corrected chi connectivity index (χ3v) is 3.48. The molecular formula is C19H20N2O5. The van der Waals surface area contributed by atoms with E-state index in [0.29, 0.717) is 5.56 Å². The number of amides is 2. The van der Waals surface area contributed by atoms with Gasteiger partial charge in [0.25, 0.3) is 0 Å². The largest absolute Gasteiger partial charge is 0.467 e. The van der Waals surface area contributed by atoms with E-state index in [0.717, 1.165) is 5.56 Å². The zero-order valence-corrected chi connectivity index (χ0v) is 14.3. The van der Waals surface area contributed by atoms with E-state index in [-0.39, 0.29) is 13.2 Å². The summed E-state index contributed by atoms with van der Waals surface area (Å²) in [4.78, 5) is 35.6. The predicted octanol–water partition coefficient (Wildman–Crippen LogP) is 1.94. The van der Waals surface area contributed by atoms with Crippen molar-refractivity contribution in [2.75, 3.05) is 13.7 Å². The van der Waals surface area contributed by atoms with Gasteiger partial charge in [0, 0.05) is 0 Å². The van der Waals surface area contributed by atoms with Crippen molar-refractivity contribution in [1.82, 2.24) is 10.6 Å². The summed E-state index contributed by atoms with van der Waals surface area (Å²) in [6.45, 7) is -0.225. The van der Waals surface area contributed by atoms with E-state index < -0.39 is 24.0 Å². The summed E-state index contributed by atoms with van der Waals surface area (Å²) in [5.74, 6) is -1.14. The number of hydrogen-bond acceptors (Lipinski definition) is 5. The molecule has 2 aromatic rings. The molecule has 0 radical (unpaired) electrons. The van der Waals surface area contributed by atoms with Crippen LogP contribution in [0.1, 0.15) is 17.2 Å². The average molecular weight is 356 g/mol. The third-order valence-electron chi connectivity index (χ3n) is 3.48. The van der Waals surface area contributed by atoms with Gasteiger partial charge in [0.15, 0.2) is 6.04 Å². The first-order valence-corrected chi connectivity index (χ1v) is 7.97. The molecule has 2 aromatic carbocycles. The van der Waals surface area contributed by atoms with Crippen molar-refractivity contribution in [2.45, 2.75) is 12.6 Å². The van der Waals surface area contributed by atoms with Crippen molar-refractivity contribution in [3.05, 3.63) is 71.8 Å². The Bertz CT molecular complexity index is 734. The molecule has 0 fully saturated rings. The summed E-state index contributed by atoms with van der Waals surface area (Å²) in [6.07, 6.45) is -0.724.